The van der Waals surface area contributed by atoms with Crippen LogP contribution in [0.15, 0.2) is 42.5 Å². The van der Waals surface area contributed by atoms with E-state index in [1.807, 2.05) is 19.9 Å². The second-order valence-electron chi connectivity index (χ2n) is 8.55. The average molecular weight is 453 g/mol. The lowest BCUT2D eigenvalue weighted by atomic mass is 9.81. The van der Waals surface area contributed by atoms with Gasteiger partial charge in [-0.2, -0.15) is 5.01 Å². The van der Waals surface area contributed by atoms with Crippen molar-refractivity contribution in [2.75, 3.05) is 6.54 Å². The number of carbonyl (C=O) groups is 4. The highest BCUT2D eigenvalue weighted by Gasteiger charge is 2.51. The van der Waals surface area contributed by atoms with E-state index in [0.29, 0.717) is 18.4 Å². The van der Waals surface area contributed by atoms with Crippen molar-refractivity contribution in [1.29, 1.82) is 0 Å². The zero-order valence-corrected chi connectivity index (χ0v) is 18.9. The van der Waals surface area contributed by atoms with Crippen molar-refractivity contribution in [3.05, 3.63) is 69.7 Å². The average Bonchev–Trinajstić information content (AvgIpc) is 3.04. The van der Waals surface area contributed by atoms with Crippen LogP contribution in [0.2, 0.25) is 5.02 Å². The number of amides is 3. The lowest BCUT2D eigenvalue weighted by molar-refractivity contribution is -0.154. The van der Waals surface area contributed by atoms with Crippen LogP contribution in [-0.4, -0.2) is 40.1 Å². The van der Waals surface area contributed by atoms with Gasteiger partial charge >= 0.3 is 0 Å². The maximum atomic E-state index is 13.5. The third-order valence-electron chi connectivity index (χ3n) is 6.52. The number of fused-ring (bicyclic) bond motifs is 1. The lowest BCUT2D eigenvalue weighted by Gasteiger charge is -2.30. The molecule has 0 spiro atoms. The van der Waals surface area contributed by atoms with Crippen molar-refractivity contribution >= 4 is 35.1 Å². The van der Waals surface area contributed by atoms with E-state index in [-0.39, 0.29) is 16.4 Å². The predicted octanol–water partition coefficient (Wildman–Crippen LogP) is 4.37. The SMILES string of the molecule is Cc1ccc(C(=O)CN(C(=O)c2ccccc2Cl)N2C(=O)[C@H]3CCCC[C@H]3C2=O)cc1C. The molecule has 0 unspecified atom stereocenters. The van der Waals surface area contributed by atoms with Gasteiger partial charge in [0, 0.05) is 5.56 Å². The zero-order valence-electron chi connectivity index (χ0n) is 18.1. The van der Waals surface area contributed by atoms with Gasteiger partial charge in [0.25, 0.3) is 17.7 Å². The number of halogens is 1. The molecule has 0 bridgehead atoms. The molecule has 3 amide bonds. The van der Waals surface area contributed by atoms with Crippen molar-refractivity contribution in [3.63, 3.8) is 0 Å². The molecule has 7 heteroatoms. The molecule has 1 aliphatic carbocycles. The Labute approximate surface area is 192 Å². The molecule has 2 aliphatic rings. The van der Waals surface area contributed by atoms with Gasteiger partial charge in [-0.15, -0.1) is 0 Å². The monoisotopic (exact) mass is 452 g/mol. The van der Waals surface area contributed by atoms with Gasteiger partial charge in [-0.25, -0.2) is 5.01 Å². The van der Waals surface area contributed by atoms with Gasteiger partial charge in [0.1, 0.15) is 6.54 Å². The molecule has 6 nitrogen and oxygen atoms in total. The molecular formula is C25H25ClN2O4. The van der Waals surface area contributed by atoms with Crippen LogP contribution in [-0.2, 0) is 9.59 Å². The highest BCUT2D eigenvalue weighted by atomic mass is 35.5. The van der Waals surface area contributed by atoms with Gasteiger partial charge in [-0.1, -0.05) is 48.7 Å². The summed E-state index contributed by atoms with van der Waals surface area (Å²) < 4.78 is 0. The largest absolute Gasteiger partial charge is 0.292 e. The smallest absolute Gasteiger partial charge is 0.274 e. The van der Waals surface area contributed by atoms with E-state index in [2.05, 4.69) is 0 Å². The molecule has 2 atom stereocenters. The molecule has 2 fully saturated rings. The second-order valence-corrected chi connectivity index (χ2v) is 8.96. The number of hydrogen-bond donors (Lipinski definition) is 0. The Bertz CT molecular complexity index is 1090. The Morgan fingerprint density at radius 2 is 1.59 bits per heavy atom. The number of imide groups is 1. The van der Waals surface area contributed by atoms with Crippen molar-refractivity contribution < 1.29 is 19.2 Å². The Morgan fingerprint density at radius 1 is 0.969 bits per heavy atom. The molecule has 1 heterocycles. The summed E-state index contributed by atoms with van der Waals surface area (Å²) in [6.07, 6.45) is 2.97. The minimum absolute atomic E-state index is 0.137. The molecule has 1 saturated carbocycles. The normalized spacial score (nSPS) is 20.3. The van der Waals surface area contributed by atoms with Crippen LogP contribution in [0.5, 0.6) is 0 Å². The number of nitrogens with zero attached hydrogens (tertiary/aromatic N) is 2. The van der Waals surface area contributed by atoms with Crippen molar-refractivity contribution in [3.8, 4) is 0 Å². The van der Waals surface area contributed by atoms with Gasteiger partial charge in [0.15, 0.2) is 5.78 Å². The maximum Gasteiger partial charge on any atom is 0.274 e. The van der Waals surface area contributed by atoms with Gasteiger partial charge in [0.05, 0.1) is 22.4 Å². The minimum atomic E-state index is -0.645. The number of ketones is 1. The summed E-state index contributed by atoms with van der Waals surface area (Å²) in [6.45, 7) is 3.42. The van der Waals surface area contributed by atoms with Gasteiger partial charge in [-0.05, 0) is 56.0 Å². The summed E-state index contributed by atoms with van der Waals surface area (Å²) in [4.78, 5) is 53.0. The van der Waals surface area contributed by atoms with Crippen LogP contribution in [0.1, 0.15) is 57.5 Å². The first-order valence-electron chi connectivity index (χ1n) is 10.8. The van der Waals surface area contributed by atoms with E-state index in [0.717, 1.165) is 34.0 Å². The molecule has 0 N–H and O–H groups in total. The number of carbonyl (C=O) groups excluding carboxylic acids is 4. The highest BCUT2D eigenvalue weighted by molar-refractivity contribution is 6.34. The summed E-state index contributed by atoms with van der Waals surface area (Å²) in [5, 5.41) is 2.09. The molecule has 1 saturated heterocycles. The van der Waals surface area contributed by atoms with Gasteiger partial charge in [-0.3, -0.25) is 19.2 Å². The first kappa shape index (κ1) is 22.2. The van der Waals surface area contributed by atoms with E-state index in [1.165, 1.54) is 6.07 Å². The number of aryl methyl sites for hydroxylation is 2. The molecule has 1 aliphatic heterocycles. The summed E-state index contributed by atoms with van der Waals surface area (Å²) in [7, 11) is 0. The zero-order chi connectivity index (χ0) is 23.0. The molecule has 32 heavy (non-hydrogen) atoms. The van der Waals surface area contributed by atoms with Gasteiger partial charge in [0.2, 0.25) is 0 Å². The number of benzene rings is 2. The van der Waals surface area contributed by atoms with Crippen LogP contribution in [0.3, 0.4) is 0 Å². The molecule has 2 aromatic carbocycles. The third kappa shape index (κ3) is 3.95. The lowest BCUT2D eigenvalue weighted by Crippen LogP contribution is -2.52. The van der Waals surface area contributed by atoms with Crippen LogP contribution < -0.4 is 0 Å². The van der Waals surface area contributed by atoms with E-state index in [9.17, 15) is 19.2 Å². The number of rotatable bonds is 5. The Morgan fingerprint density at radius 3 is 2.19 bits per heavy atom. The Balaban J connectivity index is 1.71. The quantitative estimate of drug-likeness (QED) is 0.498. The minimum Gasteiger partial charge on any atom is -0.292 e. The van der Waals surface area contributed by atoms with Crippen LogP contribution >= 0.6 is 11.6 Å². The fourth-order valence-electron chi connectivity index (χ4n) is 4.53. The van der Waals surface area contributed by atoms with Crippen molar-refractivity contribution in [1.82, 2.24) is 10.0 Å². The van der Waals surface area contributed by atoms with Crippen molar-refractivity contribution in [2.45, 2.75) is 39.5 Å². The number of hydrogen-bond acceptors (Lipinski definition) is 4. The van der Waals surface area contributed by atoms with Crippen LogP contribution in [0.4, 0.5) is 0 Å². The summed E-state index contributed by atoms with van der Waals surface area (Å²) in [6, 6.07) is 11.7. The number of hydrazine groups is 1. The molecular weight excluding hydrogens is 428 g/mol. The van der Waals surface area contributed by atoms with Gasteiger partial charge < -0.3 is 0 Å². The van der Waals surface area contributed by atoms with E-state index in [1.54, 1.807) is 30.3 Å². The first-order valence-corrected chi connectivity index (χ1v) is 11.2. The molecule has 2 aromatic rings. The second kappa shape index (κ2) is 8.87. The van der Waals surface area contributed by atoms with E-state index >= 15 is 0 Å². The molecule has 4 rings (SSSR count). The van der Waals surface area contributed by atoms with Crippen molar-refractivity contribution in [2.24, 2.45) is 11.8 Å². The highest BCUT2D eigenvalue weighted by Crippen LogP contribution is 2.39. The fourth-order valence-corrected chi connectivity index (χ4v) is 4.75. The first-order chi connectivity index (χ1) is 15.3. The van der Waals surface area contributed by atoms with Crippen LogP contribution in [0, 0.1) is 25.7 Å². The molecule has 166 valence electrons. The number of Topliss-reactive ketones (excluding diaryl/α,β-unsaturated/α-hetero) is 1. The van der Waals surface area contributed by atoms with E-state index in [4.69, 9.17) is 11.6 Å². The summed E-state index contributed by atoms with van der Waals surface area (Å²) >= 11 is 6.24. The fraction of sp³-hybridized carbons (Fsp3) is 0.360. The maximum absolute atomic E-state index is 13.5. The molecule has 0 radical (unpaired) electrons. The van der Waals surface area contributed by atoms with Crippen LogP contribution in [0.25, 0.3) is 0 Å². The Hall–Kier alpha value is -2.99. The Kier molecular flexibility index (Phi) is 6.15. The molecule has 0 aromatic heterocycles. The predicted molar refractivity (Wildman–Crippen MR) is 120 cm³/mol. The summed E-state index contributed by atoms with van der Waals surface area (Å²) in [5.74, 6) is -2.69. The third-order valence-corrected chi connectivity index (χ3v) is 6.85. The topological polar surface area (TPSA) is 74.8 Å². The van der Waals surface area contributed by atoms with E-state index < -0.39 is 36.1 Å². The summed E-state index contributed by atoms with van der Waals surface area (Å²) in [5.41, 5.74) is 2.54. The standard InChI is InChI=1S/C25H25ClN2O4/c1-15-11-12-17(13-16(15)2)22(29)14-27(23(30)20-9-5-6-10-21(20)26)28-24(31)18-7-3-4-8-19(18)25(28)32/h5-6,9-13,18-19H,3-4,7-8,14H2,1-2H3/t18-,19+.